The summed E-state index contributed by atoms with van der Waals surface area (Å²) in [4.78, 5) is 42.2. The average Bonchev–Trinajstić information content (AvgIpc) is 3.37. The maximum absolute atomic E-state index is 13.9. The maximum atomic E-state index is 13.9. The van der Waals surface area contributed by atoms with Crippen LogP contribution in [0.1, 0.15) is 18.1 Å². The first-order chi connectivity index (χ1) is 16.5. The van der Waals surface area contributed by atoms with Crippen LogP contribution in [0.25, 0.3) is 5.57 Å². The molecule has 0 spiro atoms. The largest absolute Gasteiger partial charge is 0.496 e. The molecule has 1 N–H and O–H groups in total. The molecule has 0 atom stereocenters. The monoisotopic (exact) mass is 453 g/mol. The molecular weight excluding hydrogens is 430 g/mol. The fraction of sp³-hybridized carbons (Fsp3) is 0.148. The average molecular weight is 453 g/mol. The number of benzene rings is 3. The summed E-state index contributed by atoms with van der Waals surface area (Å²) in [5.41, 5.74) is 4.29. The molecule has 0 saturated carbocycles. The van der Waals surface area contributed by atoms with Crippen molar-refractivity contribution in [3.63, 3.8) is 0 Å². The normalized spacial score (nSPS) is 15.1. The van der Waals surface area contributed by atoms with Crippen molar-refractivity contribution in [3.8, 4) is 5.75 Å². The Morgan fingerprint density at radius 2 is 1.62 bits per heavy atom. The number of nitrogens with zero attached hydrogens (tertiary/aromatic N) is 2. The zero-order chi connectivity index (χ0) is 23.8. The van der Waals surface area contributed by atoms with E-state index in [0.29, 0.717) is 40.5 Å². The van der Waals surface area contributed by atoms with Crippen LogP contribution >= 0.6 is 0 Å². The number of carbonyl (C=O) groups is 3. The fourth-order valence-corrected chi connectivity index (χ4v) is 4.56. The van der Waals surface area contributed by atoms with Crippen LogP contribution in [0.15, 0.2) is 78.5 Å². The molecule has 5 rings (SSSR count). The fourth-order valence-electron chi connectivity index (χ4n) is 4.56. The third-order valence-corrected chi connectivity index (χ3v) is 6.04. The smallest absolute Gasteiger partial charge is 0.282 e. The van der Waals surface area contributed by atoms with Crippen LogP contribution in [-0.4, -0.2) is 31.4 Å². The van der Waals surface area contributed by atoms with Crippen LogP contribution in [0, 0.1) is 0 Å². The number of para-hydroxylation sites is 2. The van der Waals surface area contributed by atoms with E-state index in [1.165, 1.54) is 11.8 Å². The van der Waals surface area contributed by atoms with Crippen LogP contribution < -0.4 is 19.9 Å². The van der Waals surface area contributed by atoms with E-state index in [1.807, 2.05) is 41.3 Å². The van der Waals surface area contributed by atoms with Gasteiger partial charge in [-0.05, 0) is 48.4 Å². The van der Waals surface area contributed by atoms with Gasteiger partial charge in [0.15, 0.2) is 0 Å². The Hall–Kier alpha value is -4.39. The number of methoxy groups -OCH3 is 1. The lowest BCUT2D eigenvalue weighted by atomic mass is 10.0. The number of hydrogen-bond donors (Lipinski definition) is 1. The van der Waals surface area contributed by atoms with Crippen LogP contribution in [0.3, 0.4) is 0 Å². The second-order valence-electron chi connectivity index (χ2n) is 8.13. The Bertz CT molecular complexity index is 1340. The highest BCUT2D eigenvalue weighted by molar-refractivity contribution is 6.46. The van der Waals surface area contributed by atoms with E-state index in [2.05, 4.69) is 5.32 Å². The van der Waals surface area contributed by atoms with Gasteiger partial charge < -0.3 is 15.0 Å². The summed E-state index contributed by atoms with van der Waals surface area (Å²) in [5.74, 6) is -0.487. The highest BCUT2D eigenvalue weighted by Crippen LogP contribution is 2.42. The van der Waals surface area contributed by atoms with Gasteiger partial charge in [-0.1, -0.05) is 36.4 Å². The molecule has 170 valence electrons. The third kappa shape index (κ3) is 3.51. The van der Waals surface area contributed by atoms with Gasteiger partial charge in [0.2, 0.25) is 5.91 Å². The molecule has 7 nitrogen and oxygen atoms in total. The summed E-state index contributed by atoms with van der Waals surface area (Å²) in [6, 6.07) is 21.8. The predicted octanol–water partition coefficient (Wildman–Crippen LogP) is 4.00. The Balaban J connectivity index is 1.64. The van der Waals surface area contributed by atoms with Crippen LogP contribution in [0.2, 0.25) is 0 Å². The predicted molar refractivity (Wildman–Crippen MR) is 131 cm³/mol. The Morgan fingerprint density at radius 1 is 0.912 bits per heavy atom. The van der Waals surface area contributed by atoms with Gasteiger partial charge in [0.05, 0.1) is 18.4 Å². The van der Waals surface area contributed by atoms with Crippen molar-refractivity contribution in [1.29, 1.82) is 0 Å². The topological polar surface area (TPSA) is 79.0 Å². The third-order valence-electron chi connectivity index (χ3n) is 6.04. The summed E-state index contributed by atoms with van der Waals surface area (Å²) in [6.45, 7) is 2.02. The maximum Gasteiger partial charge on any atom is 0.282 e. The molecule has 2 aliphatic rings. The van der Waals surface area contributed by atoms with E-state index in [4.69, 9.17) is 4.74 Å². The number of rotatable bonds is 5. The van der Waals surface area contributed by atoms with Crippen LogP contribution in [-0.2, 0) is 20.8 Å². The molecule has 3 amide bonds. The molecular formula is C27H23N3O4. The molecule has 0 aliphatic carbocycles. The summed E-state index contributed by atoms with van der Waals surface area (Å²) in [5, 5.41) is 2.70. The van der Waals surface area contributed by atoms with Gasteiger partial charge >= 0.3 is 0 Å². The molecule has 0 bridgehead atoms. The highest BCUT2D eigenvalue weighted by atomic mass is 16.5. The van der Waals surface area contributed by atoms with Crippen molar-refractivity contribution in [1.82, 2.24) is 0 Å². The summed E-state index contributed by atoms with van der Waals surface area (Å²) in [6.07, 6.45) is 0.783. The SMILES string of the molecule is COc1ccccc1C1=C(N2CCc3ccccc32)C(=O)N(c2ccc(NC(C)=O)cc2)C1=O. The molecule has 3 aromatic rings. The number of carbonyl (C=O) groups excluding carboxylic acids is 3. The zero-order valence-electron chi connectivity index (χ0n) is 18.9. The number of nitrogens with one attached hydrogen (secondary N) is 1. The van der Waals surface area contributed by atoms with Crippen molar-refractivity contribution < 1.29 is 19.1 Å². The lowest BCUT2D eigenvalue weighted by Gasteiger charge is -2.22. The first-order valence-corrected chi connectivity index (χ1v) is 11.0. The van der Waals surface area contributed by atoms with Crippen LogP contribution in [0.5, 0.6) is 5.75 Å². The number of anilines is 3. The molecule has 7 heteroatoms. The second-order valence-corrected chi connectivity index (χ2v) is 8.13. The van der Waals surface area contributed by atoms with Gasteiger partial charge in [0.1, 0.15) is 11.4 Å². The van der Waals surface area contributed by atoms with Crippen LogP contribution in [0.4, 0.5) is 17.1 Å². The van der Waals surface area contributed by atoms with Gasteiger partial charge in [0, 0.05) is 30.4 Å². The van der Waals surface area contributed by atoms with E-state index in [9.17, 15) is 14.4 Å². The Morgan fingerprint density at radius 3 is 2.35 bits per heavy atom. The lowest BCUT2D eigenvalue weighted by molar-refractivity contribution is -0.120. The minimum atomic E-state index is -0.416. The minimum Gasteiger partial charge on any atom is -0.496 e. The number of hydrogen-bond acceptors (Lipinski definition) is 5. The van der Waals surface area contributed by atoms with Gasteiger partial charge in [-0.15, -0.1) is 0 Å². The molecule has 34 heavy (non-hydrogen) atoms. The van der Waals surface area contributed by atoms with E-state index in [0.717, 1.165) is 17.7 Å². The number of ether oxygens (including phenoxy) is 1. The van der Waals surface area contributed by atoms with Crippen molar-refractivity contribution in [2.75, 3.05) is 28.8 Å². The summed E-state index contributed by atoms with van der Waals surface area (Å²) < 4.78 is 5.54. The quantitative estimate of drug-likeness (QED) is 0.591. The molecule has 0 radical (unpaired) electrons. The molecule has 0 unspecified atom stereocenters. The van der Waals surface area contributed by atoms with Crippen molar-refractivity contribution in [2.24, 2.45) is 0 Å². The van der Waals surface area contributed by atoms with E-state index in [1.54, 1.807) is 43.5 Å². The van der Waals surface area contributed by atoms with Gasteiger partial charge in [0.25, 0.3) is 11.8 Å². The molecule has 0 saturated heterocycles. The van der Waals surface area contributed by atoms with Crippen molar-refractivity contribution in [2.45, 2.75) is 13.3 Å². The molecule has 2 heterocycles. The molecule has 2 aliphatic heterocycles. The Labute approximate surface area is 197 Å². The zero-order valence-corrected chi connectivity index (χ0v) is 18.9. The molecule has 0 fully saturated rings. The summed E-state index contributed by atoms with van der Waals surface area (Å²) in [7, 11) is 1.55. The Kier molecular flexibility index (Phi) is 5.37. The van der Waals surface area contributed by atoms with Gasteiger partial charge in [-0.2, -0.15) is 0 Å². The summed E-state index contributed by atoms with van der Waals surface area (Å²) >= 11 is 0. The second kappa shape index (κ2) is 8.51. The number of fused-ring (bicyclic) bond motifs is 1. The molecule has 0 aromatic heterocycles. The van der Waals surface area contributed by atoms with Crippen molar-refractivity contribution in [3.05, 3.63) is 89.6 Å². The molecule has 3 aromatic carbocycles. The van der Waals surface area contributed by atoms with E-state index < -0.39 is 11.8 Å². The minimum absolute atomic E-state index is 0.198. The van der Waals surface area contributed by atoms with Gasteiger partial charge in [-0.25, -0.2) is 4.90 Å². The van der Waals surface area contributed by atoms with E-state index in [-0.39, 0.29) is 5.91 Å². The number of imide groups is 1. The van der Waals surface area contributed by atoms with Gasteiger partial charge in [-0.3, -0.25) is 14.4 Å². The number of amides is 3. The first kappa shape index (κ1) is 21.5. The lowest BCUT2D eigenvalue weighted by Crippen LogP contribution is -2.34. The van der Waals surface area contributed by atoms with E-state index >= 15 is 0 Å². The first-order valence-electron chi connectivity index (χ1n) is 11.0. The highest BCUT2D eigenvalue weighted by Gasteiger charge is 2.44. The van der Waals surface area contributed by atoms with Crippen molar-refractivity contribution >= 4 is 40.4 Å². The standard InChI is InChI=1S/C27H23N3O4/c1-17(31)28-19-11-13-20(14-12-19)30-26(32)24(21-8-4-6-10-23(21)34-2)25(27(30)33)29-16-15-18-7-3-5-9-22(18)29/h3-14H,15-16H2,1-2H3,(H,28,31).